The van der Waals surface area contributed by atoms with E-state index >= 15 is 0 Å². The van der Waals surface area contributed by atoms with Crippen LogP contribution < -0.4 is 10.5 Å². The summed E-state index contributed by atoms with van der Waals surface area (Å²) < 4.78 is 7.60. The van der Waals surface area contributed by atoms with Crippen LogP contribution in [0.15, 0.2) is 18.2 Å². The number of nitrogens with zero attached hydrogens (tertiary/aromatic N) is 4. The van der Waals surface area contributed by atoms with Crippen LogP contribution in [0.5, 0.6) is 5.75 Å². The Morgan fingerprint density at radius 3 is 2.90 bits per heavy atom. The van der Waals surface area contributed by atoms with Crippen LogP contribution in [0.25, 0.3) is 11.4 Å². The number of ether oxygens (including phenoxy) is 1. The van der Waals surface area contributed by atoms with Crippen LogP contribution in [-0.4, -0.2) is 26.8 Å². The molecule has 0 saturated heterocycles. The van der Waals surface area contributed by atoms with Crippen molar-refractivity contribution in [3.8, 4) is 17.1 Å². The van der Waals surface area contributed by atoms with E-state index in [1.165, 1.54) is 19.3 Å². The van der Waals surface area contributed by atoms with Crippen molar-refractivity contribution in [3.05, 3.63) is 18.2 Å². The monoisotopic (exact) mass is 287 g/mol. The molecule has 0 radical (unpaired) electrons. The first-order valence-corrected chi connectivity index (χ1v) is 7.52. The van der Waals surface area contributed by atoms with Gasteiger partial charge in [0.1, 0.15) is 0 Å². The molecule has 0 aliphatic heterocycles. The van der Waals surface area contributed by atoms with Gasteiger partial charge in [-0.1, -0.05) is 12.5 Å². The van der Waals surface area contributed by atoms with Gasteiger partial charge in [-0.05, 0) is 55.2 Å². The van der Waals surface area contributed by atoms with E-state index < -0.39 is 0 Å². The van der Waals surface area contributed by atoms with Gasteiger partial charge in [-0.3, -0.25) is 0 Å². The number of hydrogen-bond acceptors (Lipinski definition) is 5. The number of hydrogen-bond donors (Lipinski definition) is 1. The Kier molecular flexibility index (Phi) is 3.77. The van der Waals surface area contributed by atoms with Gasteiger partial charge in [0.2, 0.25) is 0 Å². The second-order valence-corrected chi connectivity index (χ2v) is 5.54. The first-order valence-electron chi connectivity index (χ1n) is 7.52. The quantitative estimate of drug-likeness (QED) is 0.855. The Bertz CT molecular complexity index is 620. The van der Waals surface area contributed by atoms with Crippen LogP contribution in [0.4, 0.5) is 5.69 Å². The number of nitrogens with two attached hydrogens (primary N) is 1. The van der Waals surface area contributed by atoms with E-state index in [0.29, 0.717) is 30.0 Å². The molecule has 21 heavy (non-hydrogen) atoms. The van der Waals surface area contributed by atoms with Crippen molar-refractivity contribution in [2.75, 3.05) is 12.3 Å². The van der Waals surface area contributed by atoms with Crippen molar-refractivity contribution in [1.29, 1.82) is 0 Å². The van der Waals surface area contributed by atoms with Crippen molar-refractivity contribution < 1.29 is 4.74 Å². The lowest BCUT2D eigenvalue weighted by atomic mass is 9.80. The van der Waals surface area contributed by atoms with Crippen molar-refractivity contribution in [1.82, 2.24) is 20.2 Å². The summed E-state index contributed by atoms with van der Waals surface area (Å²) in [6.07, 6.45) is 3.79. The zero-order chi connectivity index (χ0) is 14.8. The van der Waals surface area contributed by atoms with Crippen LogP contribution in [0.2, 0.25) is 0 Å². The first kappa shape index (κ1) is 13.9. The Morgan fingerprint density at radius 1 is 1.43 bits per heavy atom. The fourth-order valence-corrected chi connectivity index (χ4v) is 2.80. The third kappa shape index (κ3) is 2.46. The molecule has 0 amide bonds. The molecule has 1 aliphatic rings. The first-order chi connectivity index (χ1) is 10.2. The molecule has 0 bridgehead atoms. The highest BCUT2D eigenvalue weighted by molar-refractivity contribution is 5.73. The average Bonchev–Trinajstić information content (AvgIpc) is 2.88. The van der Waals surface area contributed by atoms with E-state index in [1.54, 1.807) is 0 Å². The molecule has 1 aromatic carbocycles. The van der Waals surface area contributed by atoms with Crippen LogP contribution in [0.1, 0.15) is 39.2 Å². The molecular formula is C15H21N5O. The molecule has 0 spiro atoms. The Morgan fingerprint density at radius 2 is 2.24 bits per heavy atom. The predicted octanol–water partition coefficient (Wildman–Crippen LogP) is 2.68. The summed E-state index contributed by atoms with van der Waals surface area (Å²) in [7, 11) is 0. The van der Waals surface area contributed by atoms with Gasteiger partial charge >= 0.3 is 0 Å². The summed E-state index contributed by atoms with van der Waals surface area (Å²) >= 11 is 0. The maximum Gasteiger partial charge on any atom is 0.186 e. The Balaban J connectivity index is 2.01. The van der Waals surface area contributed by atoms with Crippen molar-refractivity contribution in [2.24, 2.45) is 5.92 Å². The zero-order valence-corrected chi connectivity index (χ0v) is 12.5. The SMILES string of the molecule is CCOc1c(N)cccc1-c1nnnn1C(C)C1CCC1. The van der Waals surface area contributed by atoms with E-state index in [-0.39, 0.29) is 0 Å². The van der Waals surface area contributed by atoms with Gasteiger partial charge in [0.05, 0.1) is 23.9 Å². The fourth-order valence-electron chi connectivity index (χ4n) is 2.80. The van der Waals surface area contributed by atoms with Crippen LogP contribution >= 0.6 is 0 Å². The van der Waals surface area contributed by atoms with Crippen molar-refractivity contribution >= 4 is 5.69 Å². The summed E-state index contributed by atoms with van der Waals surface area (Å²) in [4.78, 5) is 0. The molecule has 1 atom stereocenters. The molecule has 6 heteroatoms. The van der Waals surface area contributed by atoms with E-state index in [2.05, 4.69) is 22.4 Å². The number of benzene rings is 1. The van der Waals surface area contributed by atoms with E-state index in [0.717, 1.165) is 11.4 Å². The summed E-state index contributed by atoms with van der Waals surface area (Å²) in [6.45, 7) is 4.67. The maximum absolute atomic E-state index is 6.03. The molecule has 1 aromatic heterocycles. The van der Waals surface area contributed by atoms with Crippen LogP contribution in [0, 0.1) is 5.92 Å². The van der Waals surface area contributed by atoms with Crippen LogP contribution in [0.3, 0.4) is 0 Å². The van der Waals surface area contributed by atoms with E-state index in [9.17, 15) is 0 Å². The second-order valence-electron chi connectivity index (χ2n) is 5.54. The number of para-hydroxylation sites is 1. The van der Waals surface area contributed by atoms with Gasteiger partial charge in [0.25, 0.3) is 0 Å². The number of anilines is 1. The standard InChI is InChI=1S/C15H21N5O/c1-3-21-14-12(8-5-9-13(14)16)15-17-18-19-20(15)10(2)11-6-4-7-11/h5,8-11H,3-4,6-7,16H2,1-2H3. The third-order valence-corrected chi connectivity index (χ3v) is 4.29. The normalized spacial score (nSPS) is 16.5. The molecule has 2 N–H and O–H groups in total. The molecule has 112 valence electrons. The Hall–Kier alpha value is -2.11. The lowest BCUT2D eigenvalue weighted by Gasteiger charge is -2.31. The highest BCUT2D eigenvalue weighted by Crippen LogP contribution is 2.39. The van der Waals surface area contributed by atoms with Crippen molar-refractivity contribution in [3.63, 3.8) is 0 Å². The topological polar surface area (TPSA) is 78.8 Å². The van der Waals surface area contributed by atoms with Gasteiger partial charge in [0.15, 0.2) is 11.6 Å². The third-order valence-electron chi connectivity index (χ3n) is 4.29. The second kappa shape index (κ2) is 5.71. The van der Waals surface area contributed by atoms with Gasteiger partial charge in [-0.15, -0.1) is 5.10 Å². The van der Waals surface area contributed by atoms with Crippen molar-refractivity contribution in [2.45, 2.75) is 39.2 Å². The molecule has 1 fully saturated rings. The average molecular weight is 287 g/mol. The van der Waals surface area contributed by atoms with Gasteiger partial charge in [0, 0.05) is 0 Å². The number of aromatic nitrogens is 4. The largest absolute Gasteiger partial charge is 0.491 e. The number of nitrogen functional groups attached to an aromatic ring is 1. The predicted molar refractivity (Wildman–Crippen MR) is 80.9 cm³/mol. The molecule has 1 heterocycles. The van der Waals surface area contributed by atoms with Gasteiger partial charge < -0.3 is 10.5 Å². The van der Waals surface area contributed by atoms with Gasteiger partial charge in [-0.2, -0.15) is 0 Å². The lowest BCUT2D eigenvalue weighted by molar-refractivity contribution is 0.209. The fraction of sp³-hybridized carbons (Fsp3) is 0.533. The summed E-state index contributed by atoms with van der Waals surface area (Å²) in [5, 5.41) is 12.2. The Labute approximate surface area is 124 Å². The minimum Gasteiger partial charge on any atom is -0.491 e. The lowest BCUT2D eigenvalue weighted by Crippen LogP contribution is -2.24. The van der Waals surface area contributed by atoms with E-state index in [1.807, 2.05) is 29.8 Å². The minimum atomic E-state index is 0.291. The number of rotatable bonds is 5. The molecule has 2 aromatic rings. The molecular weight excluding hydrogens is 266 g/mol. The molecule has 1 saturated carbocycles. The minimum absolute atomic E-state index is 0.291. The zero-order valence-electron chi connectivity index (χ0n) is 12.5. The summed E-state index contributed by atoms with van der Waals surface area (Å²) in [5.41, 5.74) is 7.50. The molecule has 6 nitrogen and oxygen atoms in total. The highest BCUT2D eigenvalue weighted by atomic mass is 16.5. The smallest absolute Gasteiger partial charge is 0.186 e. The van der Waals surface area contributed by atoms with Gasteiger partial charge in [-0.25, -0.2) is 4.68 Å². The molecule has 3 rings (SSSR count). The molecule has 1 aliphatic carbocycles. The highest BCUT2D eigenvalue weighted by Gasteiger charge is 2.29. The summed E-state index contributed by atoms with van der Waals surface area (Å²) in [6, 6.07) is 5.98. The molecule has 1 unspecified atom stereocenters. The number of tetrazole rings is 1. The van der Waals surface area contributed by atoms with Crippen LogP contribution in [-0.2, 0) is 0 Å². The summed E-state index contributed by atoms with van der Waals surface area (Å²) in [5.74, 6) is 2.05. The maximum atomic E-state index is 6.03. The van der Waals surface area contributed by atoms with E-state index in [4.69, 9.17) is 10.5 Å².